The van der Waals surface area contributed by atoms with Crippen LogP contribution < -0.4 is 14.8 Å². The Balaban J connectivity index is 2.07. The van der Waals surface area contributed by atoms with Crippen LogP contribution in [0.2, 0.25) is 0 Å². The maximum atomic E-state index is 5.34. The molecule has 0 saturated carbocycles. The zero-order valence-electron chi connectivity index (χ0n) is 11.1. The van der Waals surface area contributed by atoms with Crippen molar-refractivity contribution in [3.63, 3.8) is 0 Å². The van der Waals surface area contributed by atoms with Gasteiger partial charge in [0.15, 0.2) is 5.96 Å². The van der Waals surface area contributed by atoms with E-state index in [0.29, 0.717) is 6.54 Å². The van der Waals surface area contributed by atoms with Gasteiger partial charge in [0.1, 0.15) is 11.5 Å². The van der Waals surface area contributed by atoms with Crippen molar-refractivity contribution in [2.45, 2.75) is 6.54 Å². The van der Waals surface area contributed by atoms with Crippen molar-refractivity contribution in [1.82, 2.24) is 10.2 Å². The Kier molecular flexibility index (Phi) is 3.92. The Morgan fingerprint density at radius 1 is 1.33 bits per heavy atom. The predicted molar refractivity (Wildman–Crippen MR) is 71.3 cm³/mol. The van der Waals surface area contributed by atoms with Gasteiger partial charge < -0.3 is 19.7 Å². The smallest absolute Gasteiger partial charge is 0.194 e. The molecule has 0 amide bonds. The fraction of sp³-hybridized carbons (Fsp3) is 0.462. The standard InChI is InChI=1S/C13H19N3O2/c1-16-7-6-14-13(16)15-9-10-8-11(17-2)4-5-12(10)18-3/h4-5,8H,6-7,9H2,1-3H3,(H,14,15). The molecule has 0 aliphatic carbocycles. The van der Waals surface area contributed by atoms with Gasteiger partial charge in [0.05, 0.1) is 20.8 Å². The first kappa shape index (κ1) is 12.5. The van der Waals surface area contributed by atoms with Crippen LogP contribution in [0.3, 0.4) is 0 Å². The molecule has 0 atom stereocenters. The van der Waals surface area contributed by atoms with Crippen molar-refractivity contribution in [1.29, 1.82) is 0 Å². The summed E-state index contributed by atoms with van der Waals surface area (Å²) >= 11 is 0. The van der Waals surface area contributed by atoms with E-state index >= 15 is 0 Å². The first-order valence-corrected chi connectivity index (χ1v) is 5.95. The first-order valence-electron chi connectivity index (χ1n) is 5.95. The number of hydrogen-bond donors (Lipinski definition) is 1. The van der Waals surface area contributed by atoms with E-state index in [2.05, 4.69) is 15.2 Å². The molecule has 0 fully saturated rings. The minimum Gasteiger partial charge on any atom is -0.497 e. The summed E-state index contributed by atoms with van der Waals surface area (Å²) in [4.78, 5) is 6.49. The Morgan fingerprint density at radius 2 is 2.17 bits per heavy atom. The van der Waals surface area contributed by atoms with Crippen LogP contribution in [-0.2, 0) is 6.54 Å². The van der Waals surface area contributed by atoms with Crippen molar-refractivity contribution in [3.05, 3.63) is 23.8 Å². The molecule has 1 aliphatic heterocycles. The summed E-state index contributed by atoms with van der Waals surface area (Å²) in [6, 6.07) is 5.78. The molecule has 5 heteroatoms. The molecule has 18 heavy (non-hydrogen) atoms. The molecule has 2 rings (SSSR count). The summed E-state index contributed by atoms with van der Waals surface area (Å²) in [6.45, 7) is 2.50. The lowest BCUT2D eigenvalue weighted by Gasteiger charge is -2.16. The average molecular weight is 249 g/mol. The molecular weight excluding hydrogens is 230 g/mol. The molecule has 1 aromatic carbocycles. The van der Waals surface area contributed by atoms with Crippen LogP contribution >= 0.6 is 0 Å². The zero-order valence-corrected chi connectivity index (χ0v) is 11.1. The van der Waals surface area contributed by atoms with Crippen LogP contribution in [0, 0.1) is 0 Å². The molecule has 0 unspecified atom stereocenters. The zero-order chi connectivity index (χ0) is 13.0. The van der Waals surface area contributed by atoms with Crippen LogP contribution in [0.25, 0.3) is 0 Å². The predicted octanol–water partition coefficient (Wildman–Crippen LogP) is 1.09. The van der Waals surface area contributed by atoms with Crippen LogP contribution in [-0.4, -0.2) is 45.2 Å². The number of ether oxygens (including phenoxy) is 2. The van der Waals surface area contributed by atoms with Gasteiger partial charge in [-0.1, -0.05) is 0 Å². The maximum absolute atomic E-state index is 5.34. The number of rotatable bonds is 4. The van der Waals surface area contributed by atoms with E-state index in [1.807, 2.05) is 25.2 Å². The Morgan fingerprint density at radius 3 is 2.78 bits per heavy atom. The van der Waals surface area contributed by atoms with Crippen molar-refractivity contribution in [2.75, 3.05) is 34.4 Å². The molecule has 1 heterocycles. The number of likely N-dealkylation sites (N-methyl/N-ethyl adjacent to an activating group) is 1. The second kappa shape index (κ2) is 5.62. The number of guanidine groups is 1. The van der Waals surface area contributed by atoms with Gasteiger partial charge in [0, 0.05) is 25.7 Å². The Labute approximate surface area is 107 Å². The molecule has 0 radical (unpaired) electrons. The molecule has 98 valence electrons. The fourth-order valence-electron chi connectivity index (χ4n) is 1.92. The summed E-state index contributed by atoms with van der Waals surface area (Å²) in [7, 11) is 5.36. The minimum absolute atomic E-state index is 0.670. The maximum Gasteiger partial charge on any atom is 0.194 e. The number of hydrogen-bond acceptors (Lipinski definition) is 5. The number of aliphatic imine (C=N–C) groups is 1. The molecule has 1 aliphatic rings. The van der Waals surface area contributed by atoms with Crippen LogP contribution in [0.5, 0.6) is 11.5 Å². The van der Waals surface area contributed by atoms with E-state index < -0.39 is 0 Å². The summed E-state index contributed by atoms with van der Waals surface area (Å²) < 4.78 is 10.6. The van der Waals surface area contributed by atoms with Crippen molar-refractivity contribution in [2.24, 2.45) is 4.99 Å². The number of methoxy groups -OCH3 is 2. The topological polar surface area (TPSA) is 46.1 Å². The summed E-state index contributed by atoms with van der Waals surface area (Å²) in [6.07, 6.45) is 0. The molecule has 0 bridgehead atoms. The summed E-state index contributed by atoms with van der Waals surface area (Å²) in [5.74, 6) is 2.61. The SMILES string of the molecule is COc1ccc(OC)c(CNC2=NCCN2C)c1. The highest BCUT2D eigenvalue weighted by Gasteiger charge is 2.12. The average Bonchev–Trinajstić information content (AvgIpc) is 2.81. The van der Waals surface area contributed by atoms with E-state index in [4.69, 9.17) is 9.47 Å². The number of nitrogens with one attached hydrogen (secondary N) is 1. The van der Waals surface area contributed by atoms with Gasteiger partial charge in [-0.25, -0.2) is 0 Å². The molecule has 0 saturated heterocycles. The Hall–Kier alpha value is -1.91. The first-order chi connectivity index (χ1) is 8.74. The summed E-state index contributed by atoms with van der Waals surface area (Å²) in [5.41, 5.74) is 1.06. The van der Waals surface area contributed by atoms with Gasteiger partial charge in [0.2, 0.25) is 0 Å². The third kappa shape index (κ3) is 2.67. The lowest BCUT2D eigenvalue weighted by molar-refractivity contribution is 0.398. The van der Waals surface area contributed by atoms with Crippen molar-refractivity contribution >= 4 is 5.96 Å². The molecular formula is C13H19N3O2. The van der Waals surface area contributed by atoms with Gasteiger partial charge in [-0.05, 0) is 18.2 Å². The van der Waals surface area contributed by atoms with E-state index in [0.717, 1.165) is 36.1 Å². The van der Waals surface area contributed by atoms with Crippen LogP contribution in [0.1, 0.15) is 5.56 Å². The van der Waals surface area contributed by atoms with Gasteiger partial charge >= 0.3 is 0 Å². The monoisotopic (exact) mass is 249 g/mol. The normalized spacial score (nSPS) is 14.4. The van der Waals surface area contributed by atoms with E-state index in [9.17, 15) is 0 Å². The lowest BCUT2D eigenvalue weighted by atomic mass is 10.2. The van der Waals surface area contributed by atoms with E-state index in [1.165, 1.54) is 0 Å². The third-order valence-corrected chi connectivity index (χ3v) is 2.98. The lowest BCUT2D eigenvalue weighted by Crippen LogP contribution is -2.35. The fourth-order valence-corrected chi connectivity index (χ4v) is 1.92. The Bertz CT molecular complexity index is 446. The number of nitrogens with zero attached hydrogens (tertiary/aromatic N) is 2. The quantitative estimate of drug-likeness (QED) is 0.868. The molecule has 5 nitrogen and oxygen atoms in total. The van der Waals surface area contributed by atoms with Crippen molar-refractivity contribution in [3.8, 4) is 11.5 Å². The van der Waals surface area contributed by atoms with Gasteiger partial charge in [-0.15, -0.1) is 0 Å². The minimum atomic E-state index is 0.670. The molecule has 0 spiro atoms. The summed E-state index contributed by atoms with van der Waals surface area (Å²) in [5, 5.41) is 3.31. The highest BCUT2D eigenvalue weighted by atomic mass is 16.5. The second-order valence-corrected chi connectivity index (χ2v) is 4.16. The number of benzene rings is 1. The van der Waals surface area contributed by atoms with E-state index in [-0.39, 0.29) is 0 Å². The van der Waals surface area contributed by atoms with Crippen molar-refractivity contribution < 1.29 is 9.47 Å². The largest absolute Gasteiger partial charge is 0.497 e. The highest BCUT2D eigenvalue weighted by molar-refractivity contribution is 5.81. The van der Waals surface area contributed by atoms with Gasteiger partial charge in [-0.2, -0.15) is 0 Å². The van der Waals surface area contributed by atoms with E-state index in [1.54, 1.807) is 14.2 Å². The van der Waals surface area contributed by atoms with Crippen LogP contribution in [0.4, 0.5) is 0 Å². The van der Waals surface area contributed by atoms with Gasteiger partial charge in [0.25, 0.3) is 0 Å². The molecule has 1 aromatic rings. The molecule has 0 aromatic heterocycles. The molecule has 1 N–H and O–H groups in total. The van der Waals surface area contributed by atoms with Gasteiger partial charge in [-0.3, -0.25) is 4.99 Å². The van der Waals surface area contributed by atoms with Crippen LogP contribution in [0.15, 0.2) is 23.2 Å². The third-order valence-electron chi connectivity index (χ3n) is 2.98. The highest BCUT2D eigenvalue weighted by Crippen LogP contribution is 2.23. The second-order valence-electron chi connectivity index (χ2n) is 4.16.